The number of rotatable bonds is 8. The average Bonchev–Trinajstić information content (AvgIpc) is 3.45. The van der Waals surface area contributed by atoms with Crippen LogP contribution in [0.25, 0.3) is 23.0 Å². The van der Waals surface area contributed by atoms with Crippen molar-refractivity contribution in [1.29, 1.82) is 0 Å². The summed E-state index contributed by atoms with van der Waals surface area (Å²) in [6.45, 7) is 1.21. The van der Waals surface area contributed by atoms with Gasteiger partial charge in [0.1, 0.15) is 19.4 Å². The van der Waals surface area contributed by atoms with E-state index >= 15 is 0 Å². The van der Waals surface area contributed by atoms with Crippen LogP contribution in [-0.4, -0.2) is 53.4 Å². The molecular weight excluding hydrogens is 425 g/mol. The molecule has 1 amide bonds. The summed E-state index contributed by atoms with van der Waals surface area (Å²) in [6.07, 6.45) is 7.03. The molecule has 7 nitrogen and oxygen atoms in total. The Morgan fingerprint density at radius 3 is 2.94 bits per heavy atom. The van der Waals surface area contributed by atoms with E-state index in [0.29, 0.717) is 40.7 Å². The monoisotopic (exact) mass is 445 g/mol. The first kappa shape index (κ1) is 21.7. The van der Waals surface area contributed by atoms with Crippen molar-refractivity contribution in [3.8, 4) is 11.3 Å². The third-order valence-electron chi connectivity index (χ3n) is 4.93. The maximum absolute atomic E-state index is 12.2. The molecule has 3 aromatic heterocycles. The summed E-state index contributed by atoms with van der Waals surface area (Å²) in [5.74, 6) is 1.30. The van der Waals surface area contributed by atoms with Gasteiger partial charge in [0.05, 0.1) is 12.0 Å². The highest BCUT2D eigenvalue weighted by molar-refractivity contribution is 6.36. The summed E-state index contributed by atoms with van der Waals surface area (Å²) in [6, 6.07) is 13.0. The molecule has 0 aliphatic carbocycles. The number of aromatic nitrogens is 3. The van der Waals surface area contributed by atoms with Crippen LogP contribution < -0.4 is 10.8 Å². The predicted molar refractivity (Wildman–Crippen MR) is 127 cm³/mol. The molecule has 0 spiro atoms. The lowest BCUT2D eigenvalue weighted by molar-refractivity contribution is -0.124. The molecule has 0 aliphatic heterocycles. The zero-order valence-corrected chi connectivity index (χ0v) is 18.3. The van der Waals surface area contributed by atoms with Gasteiger partial charge in [-0.1, -0.05) is 29.8 Å². The molecule has 4 aromatic rings. The molecule has 0 unspecified atom stereocenters. The van der Waals surface area contributed by atoms with Crippen molar-refractivity contribution in [2.24, 2.45) is 0 Å². The molecule has 0 atom stereocenters. The van der Waals surface area contributed by atoms with Crippen LogP contribution >= 0.6 is 11.6 Å². The smallest absolute Gasteiger partial charge is 0.246 e. The zero-order valence-electron chi connectivity index (χ0n) is 17.5. The second-order valence-corrected chi connectivity index (χ2v) is 7.64. The van der Waals surface area contributed by atoms with E-state index in [4.69, 9.17) is 23.9 Å². The first-order chi connectivity index (χ1) is 15.5. The van der Waals surface area contributed by atoms with Crippen LogP contribution in [0.3, 0.4) is 0 Å². The van der Waals surface area contributed by atoms with E-state index in [1.807, 2.05) is 30.3 Å². The van der Waals surface area contributed by atoms with Gasteiger partial charge in [0.25, 0.3) is 0 Å². The van der Waals surface area contributed by atoms with Crippen LogP contribution in [0.1, 0.15) is 12.2 Å². The molecule has 4 rings (SSSR count). The number of hydrogen-bond donors (Lipinski definition) is 1. The lowest BCUT2D eigenvalue weighted by atomic mass is 10.0. The fourth-order valence-electron chi connectivity index (χ4n) is 3.22. The SMILES string of the molecule is [B]c1cnn2c(NCCCN(C)C(=O)/C=C/c3ccco3)cc(-c3ccccc3Cl)nc12. The highest BCUT2D eigenvalue weighted by Gasteiger charge is 2.12. The van der Waals surface area contributed by atoms with E-state index < -0.39 is 0 Å². The zero-order chi connectivity index (χ0) is 22.5. The molecule has 0 saturated carbocycles. The van der Waals surface area contributed by atoms with E-state index in [9.17, 15) is 4.79 Å². The van der Waals surface area contributed by atoms with Crippen LogP contribution in [0.2, 0.25) is 5.02 Å². The fraction of sp³-hybridized carbons (Fsp3) is 0.174. The summed E-state index contributed by atoms with van der Waals surface area (Å²) in [4.78, 5) is 18.5. The fourth-order valence-corrected chi connectivity index (χ4v) is 3.45. The Balaban J connectivity index is 1.42. The quantitative estimate of drug-likeness (QED) is 0.255. The second-order valence-electron chi connectivity index (χ2n) is 7.23. The number of anilines is 1. The van der Waals surface area contributed by atoms with Gasteiger partial charge in [-0.05, 0) is 36.2 Å². The van der Waals surface area contributed by atoms with Gasteiger partial charge in [-0.3, -0.25) is 4.79 Å². The molecule has 0 saturated heterocycles. The molecule has 0 aliphatic rings. The second kappa shape index (κ2) is 9.74. The van der Waals surface area contributed by atoms with Crippen LogP contribution in [0, 0.1) is 0 Å². The van der Waals surface area contributed by atoms with Gasteiger partial charge >= 0.3 is 0 Å². The van der Waals surface area contributed by atoms with Crippen molar-refractivity contribution in [2.45, 2.75) is 6.42 Å². The number of nitrogens with zero attached hydrogens (tertiary/aromatic N) is 4. The molecule has 2 radical (unpaired) electrons. The number of carbonyl (C=O) groups is 1. The van der Waals surface area contributed by atoms with Crippen molar-refractivity contribution in [2.75, 3.05) is 25.5 Å². The minimum atomic E-state index is -0.0893. The van der Waals surface area contributed by atoms with E-state index in [2.05, 4.69) is 15.4 Å². The Bertz CT molecular complexity index is 1250. The molecule has 0 fully saturated rings. The number of hydrogen-bond acceptors (Lipinski definition) is 5. The molecule has 32 heavy (non-hydrogen) atoms. The number of likely N-dealkylation sites (N-methyl/N-ethyl adjacent to an activating group) is 1. The third-order valence-corrected chi connectivity index (χ3v) is 5.26. The third kappa shape index (κ3) is 4.86. The number of amides is 1. The largest absolute Gasteiger partial charge is 0.465 e. The highest BCUT2D eigenvalue weighted by Crippen LogP contribution is 2.28. The van der Waals surface area contributed by atoms with Gasteiger partial charge in [-0.15, -0.1) is 0 Å². The van der Waals surface area contributed by atoms with Gasteiger partial charge in [0.15, 0.2) is 5.65 Å². The number of carbonyl (C=O) groups excluding carboxylic acids is 1. The Morgan fingerprint density at radius 2 is 2.16 bits per heavy atom. The summed E-state index contributed by atoms with van der Waals surface area (Å²) in [5, 5.41) is 8.29. The van der Waals surface area contributed by atoms with Crippen molar-refractivity contribution in [3.05, 3.63) is 71.8 Å². The molecule has 0 bridgehead atoms. The first-order valence-electron chi connectivity index (χ1n) is 10.1. The van der Waals surface area contributed by atoms with Gasteiger partial charge in [0, 0.05) is 49.1 Å². The van der Waals surface area contributed by atoms with Gasteiger partial charge in [0.2, 0.25) is 5.91 Å². The first-order valence-corrected chi connectivity index (χ1v) is 10.5. The minimum Gasteiger partial charge on any atom is -0.465 e. The Kier molecular flexibility index (Phi) is 6.61. The number of furan rings is 1. The predicted octanol–water partition coefficient (Wildman–Crippen LogP) is 3.41. The standard InChI is InChI=1S/C23H21BClN5O2/c1-29(22(31)10-9-16-6-4-13-32-16)12-5-11-26-21-14-20(17-7-2-3-8-19(17)25)28-23-18(24)15-27-30(21)23/h2-4,6-10,13-15,26H,5,11-12H2,1H3/b10-9+. The van der Waals surface area contributed by atoms with Gasteiger partial charge in [-0.2, -0.15) is 9.61 Å². The summed E-state index contributed by atoms with van der Waals surface area (Å²) >= 11 is 6.36. The van der Waals surface area contributed by atoms with Gasteiger partial charge < -0.3 is 14.6 Å². The number of fused-ring (bicyclic) bond motifs is 1. The molecule has 3 heterocycles. The maximum atomic E-state index is 12.2. The maximum Gasteiger partial charge on any atom is 0.246 e. The van der Waals surface area contributed by atoms with Crippen molar-refractivity contribution in [1.82, 2.24) is 19.5 Å². The number of halogens is 1. The van der Waals surface area contributed by atoms with Gasteiger partial charge in [-0.25, -0.2) is 4.98 Å². The number of benzene rings is 1. The summed E-state index contributed by atoms with van der Waals surface area (Å²) in [7, 11) is 7.82. The van der Waals surface area contributed by atoms with Crippen LogP contribution in [-0.2, 0) is 4.79 Å². The van der Waals surface area contributed by atoms with Crippen molar-refractivity contribution in [3.63, 3.8) is 0 Å². The molecular formula is C23H21BClN5O2. The Labute approximate surface area is 192 Å². The van der Waals surface area contributed by atoms with Crippen LogP contribution in [0.4, 0.5) is 5.82 Å². The van der Waals surface area contributed by atoms with E-state index in [0.717, 1.165) is 17.8 Å². The van der Waals surface area contributed by atoms with Crippen molar-refractivity contribution < 1.29 is 9.21 Å². The van der Waals surface area contributed by atoms with E-state index in [-0.39, 0.29) is 5.91 Å². The molecule has 1 aromatic carbocycles. The van der Waals surface area contributed by atoms with E-state index in [1.54, 1.807) is 47.1 Å². The summed E-state index contributed by atoms with van der Waals surface area (Å²) < 4.78 is 6.86. The topological polar surface area (TPSA) is 75.7 Å². The lowest BCUT2D eigenvalue weighted by Crippen LogP contribution is -2.27. The molecule has 160 valence electrons. The Morgan fingerprint density at radius 1 is 1.31 bits per heavy atom. The summed E-state index contributed by atoms with van der Waals surface area (Å²) in [5.41, 5.74) is 2.55. The van der Waals surface area contributed by atoms with Crippen LogP contribution in [0.5, 0.6) is 0 Å². The number of nitrogens with one attached hydrogen (secondary N) is 1. The minimum absolute atomic E-state index is 0.0893. The van der Waals surface area contributed by atoms with Crippen LogP contribution in [0.15, 0.2) is 65.4 Å². The van der Waals surface area contributed by atoms with Crippen molar-refractivity contribution >= 4 is 48.4 Å². The molecule has 9 heteroatoms. The van der Waals surface area contributed by atoms with E-state index in [1.165, 1.54) is 6.08 Å². The molecule has 1 N–H and O–H groups in total. The lowest BCUT2D eigenvalue weighted by Gasteiger charge is -2.16. The average molecular weight is 446 g/mol. The highest BCUT2D eigenvalue weighted by atomic mass is 35.5. The Hall–Kier alpha value is -3.52. The normalized spacial score (nSPS) is 11.3.